The van der Waals surface area contributed by atoms with Gasteiger partial charge < -0.3 is 14.2 Å². The molecule has 0 aromatic carbocycles. The van der Waals surface area contributed by atoms with Crippen LogP contribution in [0.25, 0.3) is 0 Å². The molecule has 69 heavy (non-hydrogen) atoms. The van der Waals surface area contributed by atoms with Crippen molar-refractivity contribution in [2.45, 2.75) is 271 Å². The Bertz CT molecular complexity index is 1380. The molecule has 0 aliphatic carbocycles. The van der Waals surface area contributed by atoms with Crippen molar-refractivity contribution in [1.82, 2.24) is 0 Å². The van der Waals surface area contributed by atoms with E-state index in [0.29, 0.717) is 19.3 Å². The largest absolute Gasteiger partial charge is 0.462 e. The highest BCUT2D eigenvalue weighted by molar-refractivity contribution is 5.71. The van der Waals surface area contributed by atoms with Crippen molar-refractivity contribution in [2.24, 2.45) is 0 Å². The van der Waals surface area contributed by atoms with Crippen molar-refractivity contribution < 1.29 is 28.6 Å². The Labute approximate surface area is 426 Å². The first-order valence-electron chi connectivity index (χ1n) is 28.7. The van der Waals surface area contributed by atoms with E-state index < -0.39 is 6.10 Å². The molecule has 0 rings (SSSR count). The Balaban J connectivity index is 4.19. The number of hydrogen-bond acceptors (Lipinski definition) is 6. The molecule has 0 bridgehead atoms. The van der Waals surface area contributed by atoms with Gasteiger partial charge in [-0.05, 0) is 109 Å². The van der Waals surface area contributed by atoms with E-state index in [1.54, 1.807) is 0 Å². The van der Waals surface area contributed by atoms with E-state index in [2.05, 4.69) is 118 Å². The van der Waals surface area contributed by atoms with E-state index in [9.17, 15) is 14.4 Å². The van der Waals surface area contributed by atoms with Crippen LogP contribution in [0.5, 0.6) is 0 Å². The highest BCUT2D eigenvalue weighted by atomic mass is 16.6. The summed E-state index contributed by atoms with van der Waals surface area (Å²) >= 11 is 0. The molecule has 0 fully saturated rings. The lowest BCUT2D eigenvalue weighted by Gasteiger charge is -2.18. The summed E-state index contributed by atoms with van der Waals surface area (Å²) in [4.78, 5) is 38.0. The first kappa shape index (κ1) is 65.3. The number of esters is 3. The van der Waals surface area contributed by atoms with E-state index in [4.69, 9.17) is 14.2 Å². The molecule has 0 spiro atoms. The van der Waals surface area contributed by atoms with Crippen LogP contribution < -0.4 is 0 Å². The predicted molar refractivity (Wildman–Crippen MR) is 297 cm³/mol. The molecule has 0 amide bonds. The fourth-order valence-corrected chi connectivity index (χ4v) is 7.70. The number of carbonyl (C=O) groups is 3. The number of ether oxygens (including phenoxy) is 3. The van der Waals surface area contributed by atoms with Crippen molar-refractivity contribution in [2.75, 3.05) is 13.2 Å². The van der Waals surface area contributed by atoms with Crippen LogP contribution in [-0.2, 0) is 28.6 Å². The summed E-state index contributed by atoms with van der Waals surface area (Å²) in [6.45, 7) is 6.43. The Morgan fingerprint density at radius 1 is 0.304 bits per heavy atom. The fraction of sp³-hybridized carbons (Fsp3) is 0.698. The maximum absolute atomic E-state index is 12.8. The molecule has 0 aliphatic rings. The summed E-state index contributed by atoms with van der Waals surface area (Å²) in [7, 11) is 0. The first-order chi connectivity index (χ1) is 34.0. The maximum atomic E-state index is 12.8. The number of unbranched alkanes of at least 4 members (excludes halogenated alkanes) is 24. The van der Waals surface area contributed by atoms with E-state index >= 15 is 0 Å². The zero-order valence-corrected chi connectivity index (χ0v) is 45.0. The lowest BCUT2D eigenvalue weighted by atomic mass is 10.1. The molecule has 0 aromatic rings. The molecule has 1 unspecified atom stereocenters. The van der Waals surface area contributed by atoms with Gasteiger partial charge in [-0.2, -0.15) is 0 Å². The monoisotopic (exact) mass is 959 g/mol. The molecule has 6 nitrogen and oxygen atoms in total. The Morgan fingerprint density at radius 3 is 0.899 bits per heavy atom. The summed E-state index contributed by atoms with van der Waals surface area (Å²) in [6, 6.07) is 0. The van der Waals surface area contributed by atoms with Gasteiger partial charge in [-0.25, -0.2) is 0 Å². The number of hydrogen-bond donors (Lipinski definition) is 0. The Morgan fingerprint density at radius 2 is 0.565 bits per heavy atom. The van der Waals surface area contributed by atoms with Crippen LogP contribution in [0.15, 0.2) is 97.2 Å². The lowest BCUT2D eigenvalue weighted by Crippen LogP contribution is -2.30. The van der Waals surface area contributed by atoms with E-state index in [1.165, 1.54) is 109 Å². The first-order valence-corrected chi connectivity index (χ1v) is 28.7. The number of carbonyl (C=O) groups excluding carboxylic acids is 3. The van der Waals surface area contributed by atoms with Gasteiger partial charge in [0.2, 0.25) is 0 Å². The zero-order valence-electron chi connectivity index (χ0n) is 45.0. The third kappa shape index (κ3) is 55.1. The van der Waals surface area contributed by atoms with Gasteiger partial charge in [0.25, 0.3) is 0 Å². The molecular weight excluding hydrogens is 853 g/mol. The summed E-state index contributed by atoms with van der Waals surface area (Å²) in [5.74, 6) is -0.909. The van der Waals surface area contributed by atoms with Crippen molar-refractivity contribution in [3.05, 3.63) is 97.2 Å². The third-order valence-electron chi connectivity index (χ3n) is 12.0. The number of allylic oxidation sites excluding steroid dienone is 16. The Hall–Kier alpha value is -3.67. The molecule has 0 aromatic heterocycles. The van der Waals surface area contributed by atoms with Crippen LogP contribution in [0.2, 0.25) is 0 Å². The van der Waals surface area contributed by atoms with Crippen LogP contribution in [-0.4, -0.2) is 37.2 Å². The minimum atomic E-state index is -0.785. The summed E-state index contributed by atoms with van der Waals surface area (Å²) in [5, 5.41) is 0. The average molecular weight is 960 g/mol. The van der Waals surface area contributed by atoms with Gasteiger partial charge in [-0.3, -0.25) is 14.4 Å². The molecule has 0 N–H and O–H groups in total. The second-order valence-corrected chi connectivity index (χ2v) is 18.8. The molecule has 0 saturated carbocycles. The molecule has 6 heteroatoms. The van der Waals surface area contributed by atoms with Crippen LogP contribution in [0.4, 0.5) is 0 Å². The molecule has 0 aliphatic heterocycles. The summed E-state index contributed by atoms with van der Waals surface area (Å²) in [5.41, 5.74) is 0. The molecule has 0 radical (unpaired) electrons. The summed E-state index contributed by atoms with van der Waals surface area (Å²) < 4.78 is 16.8. The topological polar surface area (TPSA) is 78.9 Å². The van der Waals surface area contributed by atoms with Gasteiger partial charge in [0, 0.05) is 19.3 Å². The number of rotatable bonds is 51. The predicted octanol–water partition coefficient (Wildman–Crippen LogP) is 19.3. The quantitative estimate of drug-likeness (QED) is 0.0262. The van der Waals surface area contributed by atoms with Crippen molar-refractivity contribution >= 4 is 17.9 Å². The van der Waals surface area contributed by atoms with E-state index in [0.717, 1.165) is 116 Å². The van der Waals surface area contributed by atoms with E-state index in [1.807, 2.05) is 0 Å². The smallest absolute Gasteiger partial charge is 0.306 e. The standard InChI is InChI=1S/C63H106O6/c1-4-7-10-13-16-19-22-23-24-25-26-27-28-29-30-31-32-33-34-35-36-37-38-39-42-44-47-50-53-56-62(65)68-59-60(69-63(66)57-54-51-48-45-41-21-18-15-12-9-6-3)58-67-61(64)55-52-49-46-43-40-20-17-14-11-8-5-2/h7,10,14-19,23-24,26-27,29-30,32-33,60H,4-6,8-9,11-13,20-22,25,28,31,34-59H2,1-3H3/b10-7-,17-14-,18-15-,19-16-,24-23-,27-26-,30-29-,33-32-. The third-order valence-corrected chi connectivity index (χ3v) is 12.0. The molecule has 394 valence electrons. The highest BCUT2D eigenvalue weighted by Crippen LogP contribution is 2.15. The van der Waals surface area contributed by atoms with Crippen molar-refractivity contribution in [3.8, 4) is 0 Å². The zero-order chi connectivity index (χ0) is 50.0. The SMILES string of the molecule is CC/C=C\C/C=C\C/C=C\C/C=C\C/C=C\C/C=C\CCCCCCCCCCCCC(=O)OCC(COC(=O)CCCCCCC/C=C\CCCC)OC(=O)CCCCCCC/C=C\CCCC. The van der Waals surface area contributed by atoms with Gasteiger partial charge in [0.05, 0.1) is 0 Å². The fourth-order valence-electron chi connectivity index (χ4n) is 7.70. The van der Waals surface area contributed by atoms with Crippen molar-refractivity contribution in [1.29, 1.82) is 0 Å². The average Bonchev–Trinajstić information content (AvgIpc) is 3.35. The second-order valence-electron chi connectivity index (χ2n) is 18.8. The normalized spacial score (nSPS) is 12.8. The maximum Gasteiger partial charge on any atom is 0.306 e. The van der Waals surface area contributed by atoms with Gasteiger partial charge in [-0.1, -0.05) is 234 Å². The van der Waals surface area contributed by atoms with Crippen molar-refractivity contribution in [3.63, 3.8) is 0 Å². The van der Waals surface area contributed by atoms with Gasteiger partial charge in [0.1, 0.15) is 13.2 Å². The highest BCUT2D eigenvalue weighted by Gasteiger charge is 2.19. The van der Waals surface area contributed by atoms with Gasteiger partial charge >= 0.3 is 17.9 Å². The second kappa shape index (κ2) is 56.9. The van der Waals surface area contributed by atoms with Crippen LogP contribution in [0, 0.1) is 0 Å². The van der Waals surface area contributed by atoms with E-state index in [-0.39, 0.29) is 31.1 Å². The molecule has 1 atom stereocenters. The lowest BCUT2D eigenvalue weighted by molar-refractivity contribution is -0.167. The Kier molecular flexibility index (Phi) is 53.9. The van der Waals surface area contributed by atoms with Gasteiger partial charge in [0.15, 0.2) is 6.10 Å². The van der Waals surface area contributed by atoms with Crippen LogP contribution in [0.3, 0.4) is 0 Å². The summed E-state index contributed by atoms with van der Waals surface area (Å²) in [6.07, 6.45) is 75.5. The molecule has 0 heterocycles. The van der Waals surface area contributed by atoms with Crippen LogP contribution in [0.1, 0.15) is 265 Å². The molecule has 0 saturated heterocycles. The van der Waals surface area contributed by atoms with Gasteiger partial charge in [-0.15, -0.1) is 0 Å². The molecular formula is C63H106O6. The minimum Gasteiger partial charge on any atom is -0.462 e. The van der Waals surface area contributed by atoms with Crippen LogP contribution >= 0.6 is 0 Å². The minimum absolute atomic E-state index is 0.0854.